The molecule has 0 rings (SSSR count). The summed E-state index contributed by atoms with van der Waals surface area (Å²) < 4.78 is 5.20. The SMILES string of the molecule is CCCNC(C)(CC(C)SCCC)C(=O)OCC. The van der Waals surface area contributed by atoms with Crippen LogP contribution < -0.4 is 5.32 Å². The van der Waals surface area contributed by atoms with Crippen molar-refractivity contribution in [3.63, 3.8) is 0 Å². The molecular weight excluding hydrogens is 246 g/mol. The van der Waals surface area contributed by atoms with Crippen molar-refractivity contribution < 1.29 is 9.53 Å². The molecule has 0 aliphatic carbocycles. The van der Waals surface area contributed by atoms with Gasteiger partial charge in [0.15, 0.2) is 0 Å². The molecular formula is C14H29NO2S. The molecule has 18 heavy (non-hydrogen) atoms. The number of rotatable bonds is 10. The monoisotopic (exact) mass is 275 g/mol. The quantitative estimate of drug-likeness (QED) is 0.621. The molecule has 108 valence electrons. The third-order valence-corrected chi connectivity index (χ3v) is 4.17. The molecule has 0 aromatic carbocycles. The summed E-state index contributed by atoms with van der Waals surface area (Å²) in [5.74, 6) is 1.02. The lowest BCUT2D eigenvalue weighted by Gasteiger charge is -2.31. The zero-order valence-corrected chi connectivity index (χ0v) is 13.4. The van der Waals surface area contributed by atoms with Crippen molar-refractivity contribution in [1.29, 1.82) is 0 Å². The number of carbonyl (C=O) groups is 1. The summed E-state index contributed by atoms with van der Waals surface area (Å²) >= 11 is 1.92. The lowest BCUT2D eigenvalue weighted by atomic mass is 9.96. The van der Waals surface area contributed by atoms with E-state index in [2.05, 4.69) is 26.1 Å². The Morgan fingerprint density at radius 2 is 2.00 bits per heavy atom. The van der Waals surface area contributed by atoms with Crippen LogP contribution in [-0.2, 0) is 9.53 Å². The first-order chi connectivity index (χ1) is 8.50. The van der Waals surface area contributed by atoms with E-state index in [1.54, 1.807) is 0 Å². The van der Waals surface area contributed by atoms with Crippen LogP contribution >= 0.6 is 11.8 Å². The number of ether oxygens (including phenoxy) is 1. The van der Waals surface area contributed by atoms with E-state index in [0.29, 0.717) is 11.9 Å². The van der Waals surface area contributed by atoms with Gasteiger partial charge in [0, 0.05) is 5.25 Å². The molecule has 0 aliphatic heterocycles. The molecule has 0 bridgehead atoms. The molecule has 4 heteroatoms. The molecule has 0 aromatic rings. The Balaban J connectivity index is 4.49. The Labute approximate surface area is 116 Å². The lowest BCUT2D eigenvalue weighted by Crippen LogP contribution is -2.52. The van der Waals surface area contributed by atoms with Crippen molar-refractivity contribution in [3.05, 3.63) is 0 Å². The van der Waals surface area contributed by atoms with E-state index in [1.165, 1.54) is 6.42 Å². The minimum Gasteiger partial charge on any atom is -0.465 e. The highest BCUT2D eigenvalue weighted by molar-refractivity contribution is 7.99. The highest BCUT2D eigenvalue weighted by Gasteiger charge is 2.35. The van der Waals surface area contributed by atoms with E-state index in [4.69, 9.17) is 4.74 Å². The second-order valence-electron chi connectivity index (χ2n) is 4.86. The van der Waals surface area contributed by atoms with Crippen molar-refractivity contribution >= 4 is 17.7 Å². The van der Waals surface area contributed by atoms with Gasteiger partial charge in [-0.2, -0.15) is 11.8 Å². The van der Waals surface area contributed by atoms with Crippen molar-refractivity contribution in [3.8, 4) is 0 Å². The van der Waals surface area contributed by atoms with Crippen LogP contribution in [0.2, 0.25) is 0 Å². The summed E-state index contributed by atoms with van der Waals surface area (Å²) in [5, 5.41) is 3.81. The molecule has 2 atom stereocenters. The standard InChI is InChI=1S/C14H29NO2S/c1-6-9-15-14(5,13(16)17-8-3)11-12(4)18-10-7-2/h12,15H,6-11H2,1-5H3. The van der Waals surface area contributed by atoms with Gasteiger partial charge in [-0.05, 0) is 45.4 Å². The van der Waals surface area contributed by atoms with Crippen LogP contribution in [0, 0.1) is 0 Å². The maximum absolute atomic E-state index is 12.1. The first kappa shape index (κ1) is 17.8. The maximum atomic E-state index is 12.1. The largest absolute Gasteiger partial charge is 0.465 e. The van der Waals surface area contributed by atoms with Gasteiger partial charge >= 0.3 is 5.97 Å². The van der Waals surface area contributed by atoms with Crippen molar-refractivity contribution in [2.75, 3.05) is 18.9 Å². The Kier molecular flexibility index (Phi) is 9.56. The van der Waals surface area contributed by atoms with Gasteiger partial charge in [-0.25, -0.2) is 0 Å². The summed E-state index contributed by atoms with van der Waals surface area (Å²) in [6.45, 7) is 11.6. The molecule has 0 spiro atoms. The summed E-state index contributed by atoms with van der Waals surface area (Å²) in [6, 6.07) is 0. The normalized spacial score (nSPS) is 16.1. The van der Waals surface area contributed by atoms with Crippen molar-refractivity contribution in [1.82, 2.24) is 5.32 Å². The number of hydrogen-bond acceptors (Lipinski definition) is 4. The second kappa shape index (κ2) is 9.68. The molecule has 0 heterocycles. The molecule has 0 amide bonds. The summed E-state index contributed by atoms with van der Waals surface area (Å²) in [6.07, 6.45) is 3.01. The fourth-order valence-electron chi connectivity index (χ4n) is 1.87. The Bertz CT molecular complexity index is 236. The molecule has 3 nitrogen and oxygen atoms in total. The van der Waals surface area contributed by atoms with Gasteiger partial charge in [-0.1, -0.05) is 20.8 Å². The molecule has 0 aliphatic rings. The van der Waals surface area contributed by atoms with Gasteiger partial charge < -0.3 is 10.1 Å². The topological polar surface area (TPSA) is 38.3 Å². The summed E-state index contributed by atoms with van der Waals surface area (Å²) in [4.78, 5) is 12.1. The number of hydrogen-bond donors (Lipinski definition) is 1. The second-order valence-corrected chi connectivity index (χ2v) is 6.41. The van der Waals surface area contributed by atoms with Crippen LogP contribution in [0.3, 0.4) is 0 Å². The summed E-state index contributed by atoms with van der Waals surface area (Å²) in [5.41, 5.74) is -0.549. The number of esters is 1. The Morgan fingerprint density at radius 1 is 1.33 bits per heavy atom. The van der Waals surface area contributed by atoms with Gasteiger partial charge in [0.2, 0.25) is 0 Å². The lowest BCUT2D eigenvalue weighted by molar-refractivity contribution is -0.150. The average Bonchev–Trinajstić information content (AvgIpc) is 2.34. The van der Waals surface area contributed by atoms with E-state index >= 15 is 0 Å². The zero-order chi connectivity index (χ0) is 14.0. The average molecular weight is 275 g/mol. The number of carbonyl (C=O) groups excluding carboxylic acids is 1. The van der Waals surface area contributed by atoms with Crippen LogP contribution in [0.1, 0.15) is 53.9 Å². The fourth-order valence-corrected chi connectivity index (χ4v) is 2.96. The molecule has 0 saturated heterocycles. The molecule has 0 saturated carbocycles. The van der Waals surface area contributed by atoms with Crippen LogP contribution in [-0.4, -0.2) is 35.7 Å². The van der Waals surface area contributed by atoms with Crippen LogP contribution in [0.15, 0.2) is 0 Å². The van der Waals surface area contributed by atoms with Gasteiger partial charge in [0.05, 0.1) is 6.61 Å². The predicted octanol–water partition coefficient (Wildman–Crippen LogP) is 3.23. The van der Waals surface area contributed by atoms with E-state index in [0.717, 1.165) is 25.1 Å². The first-order valence-corrected chi connectivity index (χ1v) is 8.08. The molecule has 2 unspecified atom stereocenters. The highest BCUT2D eigenvalue weighted by atomic mass is 32.2. The molecule has 0 fully saturated rings. The third kappa shape index (κ3) is 6.64. The first-order valence-electron chi connectivity index (χ1n) is 7.04. The number of nitrogens with one attached hydrogen (secondary N) is 1. The maximum Gasteiger partial charge on any atom is 0.326 e. The minimum absolute atomic E-state index is 0.123. The summed E-state index contributed by atoms with van der Waals surface area (Å²) in [7, 11) is 0. The Morgan fingerprint density at radius 3 is 2.50 bits per heavy atom. The smallest absolute Gasteiger partial charge is 0.326 e. The van der Waals surface area contributed by atoms with Gasteiger partial charge in [-0.15, -0.1) is 0 Å². The minimum atomic E-state index is -0.549. The van der Waals surface area contributed by atoms with Gasteiger partial charge in [0.25, 0.3) is 0 Å². The van der Waals surface area contributed by atoms with E-state index < -0.39 is 5.54 Å². The fraction of sp³-hybridized carbons (Fsp3) is 0.929. The third-order valence-electron chi connectivity index (χ3n) is 2.79. The van der Waals surface area contributed by atoms with E-state index in [-0.39, 0.29) is 5.97 Å². The molecule has 0 aromatic heterocycles. The molecule has 1 N–H and O–H groups in total. The molecule has 0 radical (unpaired) electrons. The van der Waals surface area contributed by atoms with E-state index in [9.17, 15) is 4.79 Å². The van der Waals surface area contributed by atoms with Gasteiger partial charge in [0.1, 0.15) is 5.54 Å². The van der Waals surface area contributed by atoms with Gasteiger partial charge in [-0.3, -0.25) is 4.79 Å². The van der Waals surface area contributed by atoms with Crippen LogP contribution in [0.4, 0.5) is 0 Å². The van der Waals surface area contributed by atoms with Crippen molar-refractivity contribution in [2.45, 2.75) is 64.7 Å². The number of thioether (sulfide) groups is 1. The predicted molar refractivity (Wildman–Crippen MR) is 80.2 cm³/mol. The highest BCUT2D eigenvalue weighted by Crippen LogP contribution is 2.23. The zero-order valence-electron chi connectivity index (χ0n) is 12.5. The Hall–Kier alpha value is -0.220. The van der Waals surface area contributed by atoms with E-state index in [1.807, 2.05) is 25.6 Å². The van der Waals surface area contributed by atoms with Crippen LogP contribution in [0.5, 0.6) is 0 Å². The van der Waals surface area contributed by atoms with Crippen LogP contribution in [0.25, 0.3) is 0 Å². The van der Waals surface area contributed by atoms with Crippen molar-refractivity contribution in [2.24, 2.45) is 0 Å².